The first-order valence-corrected chi connectivity index (χ1v) is 4.86. The van der Waals surface area contributed by atoms with E-state index in [0.717, 1.165) is 0 Å². The normalized spacial score (nSPS) is 8.42. The van der Waals surface area contributed by atoms with Crippen LogP contribution in [-0.4, -0.2) is 21.9 Å². The first-order chi connectivity index (χ1) is 8.61. The Morgan fingerprint density at radius 3 is 1.32 bits per heavy atom. The molecule has 2 rings (SSSR count). The van der Waals surface area contributed by atoms with Gasteiger partial charge in [0.25, 0.3) is 0 Å². The maximum Gasteiger partial charge on any atom is 2.00 e. The lowest BCUT2D eigenvalue weighted by Crippen LogP contribution is -2.23. The second-order valence-corrected chi connectivity index (χ2v) is 3.00. The largest absolute Gasteiger partial charge is 2.00 e. The number of nitrogens with zero attached hydrogens (tertiary/aromatic N) is 3. The quantitative estimate of drug-likeness (QED) is 0.636. The highest BCUT2D eigenvalue weighted by Crippen LogP contribution is 1.89. The molecule has 0 aliphatic rings. The molecule has 0 amide bonds. The van der Waals surface area contributed by atoms with Gasteiger partial charge < -0.3 is 19.8 Å². The molecule has 2 aromatic rings. The number of carboxylic acids is 2. The summed E-state index contributed by atoms with van der Waals surface area (Å²) < 4.78 is 0. The second kappa shape index (κ2) is 8.18. The molecule has 0 N–H and O–H groups in total. The Kier molecular flexibility index (Phi) is 6.90. The molecule has 3 radical (unpaired) electrons. The van der Waals surface area contributed by atoms with Crippen LogP contribution < -0.4 is 16.4 Å². The van der Waals surface area contributed by atoms with E-state index in [2.05, 4.69) is 9.97 Å². The Morgan fingerprint density at radius 2 is 1.16 bits per heavy atom. The molecule has 7 heteroatoms. The molecule has 0 fully saturated rings. The third kappa shape index (κ3) is 5.78. The third-order valence-electron chi connectivity index (χ3n) is 1.75. The fourth-order valence-corrected chi connectivity index (χ4v) is 0.967. The average Bonchev–Trinajstić information content (AvgIpc) is 2.41. The molecule has 0 aliphatic carbocycles. The highest BCUT2D eigenvalue weighted by atomic mass is 16.4. The molecule has 0 unspecified atom stereocenters. The number of carbonyl (C=O) groups excluding carboxylic acids is 2. The Hall–Kier alpha value is -2.96. The molecule has 0 spiro atoms. The van der Waals surface area contributed by atoms with Crippen LogP contribution in [0.25, 0.3) is 0 Å². The van der Waals surface area contributed by atoms with Crippen LogP contribution in [0.2, 0.25) is 0 Å². The second-order valence-electron chi connectivity index (χ2n) is 3.00. The van der Waals surface area contributed by atoms with Crippen LogP contribution in [0, 0.1) is 0 Å². The van der Waals surface area contributed by atoms with Crippen molar-refractivity contribution in [2.45, 2.75) is 0 Å². The van der Waals surface area contributed by atoms with Gasteiger partial charge in [-0.15, -0.1) is 0 Å². The zero-order valence-electron chi connectivity index (χ0n) is 9.59. The molecular formula is C12H8N3O4. The molecule has 7 nitrogen and oxygen atoms in total. The first-order valence-electron chi connectivity index (χ1n) is 4.86. The topological polar surface area (TPSA) is 137 Å². The van der Waals surface area contributed by atoms with Crippen molar-refractivity contribution in [3.8, 4) is 0 Å². The molecule has 19 heavy (non-hydrogen) atoms. The minimum absolute atomic E-state index is 0. The highest BCUT2D eigenvalue weighted by Gasteiger charge is 2.00. The summed E-state index contributed by atoms with van der Waals surface area (Å²) in [4.78, 5) is 27.1. The zero-order valence-corrected chi connectivity index (χ0v) is 9.59. The molecule has 0 bridgehead atoms. The van der Waals surface area contributed by atoms with E-state index >= 15 is 0 Å². The lowest BCUT2D eigenvalue weighted by atomic mass is 10.4. The van der Waals surface area contributed by atoms with Crippen molar-refractivity contribution in [2.24, 2.45) is 0 Å². The van der Waals surface area contributed by atoms with Gasteiger partial charge in [-0.05, 0) is 24.3 Å². The Balaban J connectivity index is 0.000000324. The van der Waals surface area contributed by atoms with Gasteiger partial charge in [0, 0.05) is 12.4 Å². The van der Waals surface area contributed by atoms with E-state index in [4.69, 9.17) is 0 Å². The number of aromatic nitrogens is 2. The van der Waals surface area contributed by atoms with Crippen LogP contribution in [0.3, 0.4) is 0 Å². The lowest BCUT2D eigenvalue weighted by molar-refractivity contribution is -0.256. The molecule has 2 heterocycles. The van der Waals surface area contributed by atoms with Crippen molar-refractivity contribution in [2.75, 3.05) is 0 Å². The Bertz CT molecular complexity index is 468. The van der Waals surface area contributed by atoms with Crippen LogP contribution in [0.1, 0.15) is 21.0 Å². The predicted molar refractivity (Wildman–Crippen MR) is 59.3 cm³/mol. The van der Waals surface area contributed by atoms with Gasteiger partial charge >= 0.3 is 6.15 Å². The van der Waals surface area contributed by atoms with Gasteiger partial charge in [0.15, 0.2) is 0 Å². The summed E-state index contributed by atoms with van der Waals surface area (Å²) >= 11 is 0. The first kappa shape index (κ1) is 16.0. The zero-order chi connectivity index (χ0) is 13.4. The van der Waals surface area contributed by atoms with Crippen LogP contribution >= 0.6 is 0 Å². The molecule has 2 aromatic heterocycles. The van der Waals surface area contributed by atoms with E-state index in [0.29, 0.717) is 0 Å². The van der Waals surface area contributed by atoms with E-state index in [1.807, 2.05) is 0 Å². The molecule has 0 saturated heterocycles. The smallest absolute Gasteiger partial charge is 0.543 e. The number of rotatable bonds is 2. The monoisotopic (exact) mass is 258 g/mol. The number of hydrogen-bond donors (Lipinski definition) is 0. The highest BCUT2D eigenvalue weighted by molar-refractivity contribution is 5.83. The van der Waals surface area contributed by atoms with Gasteiger partial charge in [-0.3, -0.25) is 9.97 Å². The summed E-state index contributed by atoms with van der Waals surface area (Å²) in [5.74, 6) is -2.48. The van der Waals surface area contributed by atoms with Crippen molar-refractivity contribution in [1.29, 1.82) is 0 Å². The van der Waals surface area contributed by atoms with Gasteiger partial charge in [-0.1, -0.05) is 12.1 Å². The van der Waals surface area contributed by atoms with Crippen LogP contribution in [0.15, 0.2) is 48.8 Å². The van der Waals surface area contributed by atoms with Crippen LogP contribution in [0.4, 0.5) is 0 Å². The van der Waals surface area contributed by atoms with Crippen LogP contribution in [0.5, 0.6) is 0 Å². The number of hydrogen-bond acceptors (Lipinski definition) is 6. The summed E-state index contributed by atoms with van der Waals surface area (Å²) in [6, 6.07) is 9.25. The Labute approximate surface area is 109 Å². The lowest BCUT2D eigenvalue weighted by Gasteiger charge is -1.96. The number of pyridine rings is 2. The number of carbonyl (C=O) groups is 2. The van der Waals surface area contributed by atoms with E-state index in [1.165, 1.54) is 24.5 Å². The molecular weight excluding hydrogens is 250 g/mol. The summed E-state index contributed by atoms with van der Waals surface area (Å²) in [5, 5.41) is 20.1. The minimum Gasteiger partial charge on any atom is -0.543 e. The third-order valence-corrected chi connectivity index (χ3v) is 1.75. The maximum atomic E-state index is 10.0. The molecule has 0 atom stereocenters. The minimum atomic E-state index is -1.24. The average molecular weight is 258 g/mol. The van der Waals surface area contributed by atoms with Crippen molar-refractivity contribution in [3.05, 3.63) is 60.2 Å². The summed E-state index contributed by atoms with van der Waals surface area (Å²) in [7, 11) is 0. The van der Waals surface area contributed by atoms with Crippen molar-refractivity contribution in [1.82, 2.24) is 16.1 Å². The summed E-state index contributed by atoms with van der Waals surface area (Å²) in [5.41, 5.74) is -0.0602. The van der Waals surface area contributed by atoms with Crippen molar-refractivity contribution < 1.29 is 19.8 Å². The van der Waals surface area contributed by atoms with Crippen molar-refractivity contribution in [3.63, 3.8) is 0 Å². The predicted octanol–water partition coefficient (Wildman–Crippen LogP) is -1.59. The van der Waals surface area contributed by atoms with Gasteiger partial charge in [0.1, 0.15) is 0 Å². The number of aromatic carboxylic acids is 2. The van der Waals surface area contributed by atoms with E-state index in [9.17, 15) is 19.8 Å². The summed E-state index contributed by atoms with van der Waals surface area (Å²) in [6.45, 7) is 0. The number of carboxylic acid groups (broad SMARTS) is 2. The van der Waals surface area contributed by atoms with E-state index in [1.54, 1.807) is 24.3 Å². The summed E-state index contributed by atoms with van der Waals surface area (Å²) in [6.07, 6.45) is 2.82. The fourth-order valence-electron chi connectivity index (χ4n) is 0.967. The molecule has 0 aromatic carbocycles. The van der Waals surface area contributed by atoms with Gasteiger partial charge in [-0.25, -0.2) is 0 Å². The maximum absolute atomic E-state index is 10.0. The van der Waals surface area contributed by atoms with Crippen LogP contribution in [-0.2, 0) is 0 Å². The molecule has 0 saturated carbocycles. The van der Waals surface area contributed by atoms with Crippen molar-refractivity contribution >= 4 is 11.9 Å². The SMILES string of the molecule is O=C([O-])c1ccccn1.O=C([O-])c1ccccn1.[N+2]. The van der Waals surface area contributed by atoms with Gasteiger partial charge in [0.2, 0.25) is 0 Å². The fraction of sp³-hybridized carbons (Fsp3) is 0. The van der Waals surface area contributed by atoms with E-state index in [-0.39, 0.29) is 17.5 Å². The Morgan fingerprint density at radius 1 is 0.789 bits per heavy atom. The van der Waals surface area contributed by atoms with Gasteiger partial charge in [-0.2, -0.15) is 0 Å². The molecule has 95 valence electrons. The van der Waals surface area contributed by atoms with Gasteiger partial charge in [0.05, 0.1) is 23.3 Å². The standard InChI is InChI=1S/2C6H5NO2.N/c2*8-6(9)5-3-1-2-4-7-5;/h2*1-4H,(H,8,9);/q;;+2/p-2. The molecule has 0 aliphatic heterocycles. The van der Waals surface area contributed by atoms with E-state index < -0.39 is 11.9 Å².